The van der Waals surface area contributed by atoms with E-state index in [0.29, 0.717) is 18.6 Å². The van der Waals surface area contributed by atoms with Gasteiger partial charge in [-0.25, -0.2) is 0 Å². The molecule has 118 valence electrons. The molecule has 0 bridgehead atoms. The number of benzene rings is 1. The number of nitrogens with one attached hydrogen (secondary N) is 1. The zero-order valence-corrected chi connectivity index (χ0v) is 12.6. The Kier molecular flexibility index (Phi) is 6.16. The SMILES string of the molecule is N#C/C(=C\c1ccco1)C(=O)NC(CCCO)c1ccccc1. The van der Waals surface area contributed by atoms with Crippen LogP contribution in [-0.2, 0) is 4.79 Å². The van der Waals surface area contributed by atoms with E-state index in [1.165, 1.54) is 12.3 Å². The lowest BCUT2D eigenvalue weighted by Gasteiger charge is -2.18. The van der Waals surface area contributed by atoms with Crippen LogP contribution >= 0.6 is 0 Å². The molecule has 5 heteroatoms. The van der Waals surface area contributed by atoms with Crippen LogP contribution in [-0.4, -0.2) is 17.6 Å². The quantitative estimate of drug-likeness (QED) is 0.608. The third-order valence-corrected chi connectivity index (χ3v) is 3.35. The summed E-state index contributed by atoms with van der Waals surface area (Å²) in [6.07, 6.45) is 4.03. The van der Waals surface area contributed by atoms with Gasteiger partial charge in [0.1, 0.15) is 17.4 Å². The highest BCUT2D eigenvalue weighted by molar-refractivity contribution is 6.01. The van der Waals surface area contributed by atoms with Crippen molar-refractivity contribution in [3.05, 3.63) is 65.6 Å². The van der Waals surface area contributed by atoms with E-state index in [-0.39, 0.29) is 18.2 Å². The van der Waals surface area contributed by atoms with E-state index in [2.05, 4.69) is 5.32 Å². The number of aliphatic hydroxyl groups excluding tert-OH is 1. The molecule has 2 N–H and O–H groups in total. The van der Waals surface area contributed by atoms with Crippen molar-refractivity contribution in [3.63, 3.8) is 0 Å². The third-order valence-electron chi connectivity index (χ3n) is 3.35. The van der Waals surface area contributed by atoms with Crippen molar-refractivity contribution < 1.29 is 14.3 Å². The second-order valence-electron chi connectivity index (χ2n) is 4.99. The van der Waals surface area contributed by atoms with Crippen LogP contribution in [0.3, 0.4) is 0 Å². The second-order valence-corrected chi connectivity index (χ2v) is 4.99. The van der Waals surface area contributed by atoms with Crippen LogP contribution in [0.1, 0.15) is 30.2 Å². The first-order chi connectivity index (χ1) is 11.2. The molecule has 1 unspecified atom stereocenters. The smallest absolute Gasteiger partial charge is 0.262 e. The summed E-state index contributed by atoms with van der Waals surface area (Å²) in [6.45, 7) is 0.0482. The van der Waals surface area contributed by atoms with Gasteiger partial charge in [-0.2, -0.15) is 5.26 Å². The summed E-state index contributed by atoms with van der Waals surface area (Å²) in [5.41, 5.74) is 0.912. The fourth-order valence-electron chi connectivity index (χ4n) is 2.20. The van der Waals surface area contributed by atoms with Crippen LogP contribution in [0.2, 0.25) is 0 Å². The minimum atomic E-state index is -0.462. The van der Waals surface area contributed by atoms with E-state index >= 15 is 0 Å². The number of nitrogens with zero attached hydrogens (tertiary/aromatic N) is 1. The molecular formula is C18H18N2O3. The van der Waals surface area contributed by atoms with E-state index < -0.39 is 5.91 Å². The molecule has 0 fully saturated rings. The van der Waals surface area contributed by atoms with Crippen LogP contribution in [0.15, 0.2) is 58.7 Å². The lowest BCUT2D eigenvalue weighted by atomic mass is 10.0. The minimum Gasteiger partial charge on any atom is -0.465 e. The number of furan rings is 1. The molecule has 1 amide bonds. The molecule has 5 nitrogen and oxygen atoms in total. The maximum absolute atomic E-state index is 12.3. The number of hydrogen-bond donors (Lipinski definition) is 2. The summed E-state index contributed by atoms with van der Waals surface area (Å²) in [4.78, 5) is 12.3. The molecule has 1 aromatic carbocycles. The molecular weight excluding hydrogens is 292 g/mol. The summed E-state index contributed by atoms with van der Waals surface area (Å²) in [5, 5.41) is 21.1. The van der Waals surface area contributed by atoms with Crippen molar-refractivity contribution in [2.75, 3.05) is 6.61 Å². The zero-order valence-electron chi connectivity index (χ0n) is 12.6. The molecule has 0 aliphatic heterocycles. The summed E-state index contributed by atoms with van der Waals surface area (Å²) >= 11 is 0. The molecule has 1 aromatic heterocycles. The molecule has 0 aliphatic carbocycles. The van der Waals surface area contributed by atoms with Gasteiger partial charge in [-0.05, 0) is 30.5 Å². The Bertz CT molecular complexity index is 685. The van der Waals surface area contributed by atoms with Crippen molar-refractivity contribution in [2.24, 2.45) is 0 Å². The van der Waals surface area contributed by atoms with Crippen molar-refractivity contribution >= 4 is 12.0 Å². The van der Waals surface area contributed by atoms with Gasteiger partial charge in [0.05, 0.1) is 12.3 Å². The zero-order chi connectivity index (χ0) is 16.5. The van der Waals surface area contributed by atoms with Crippen LogP contribution in [0.4, 0.5) is 0 Å². The fraction of sp³-hybridized carbons (Fsp3) is 0.222. The first-order valence-electron chi connectivity index (χ1n) is 7.36. The maximum Gasteiger partial charge on any atom is 0.262 e. The lowest BCUT2D eigenvalue weighted by molar-refractivity contribution is -0.117. The summed E-state index contributed by atoms with van der Waals surface area (Å²) in [7, 11) is 0. The first kappa shape index (κ1) is 16.5. The van der Waals surface area contributed by atoms with E-state index in [1.54, 1.807) is 12.1 Å². The highest BCUT2D eigenvalue weighted by Crippen LogP contribution is 2.19. The van der Waals surface area contributed by atoms with Crippen molar-refractivity contribution in [1.82, 2.24) is 5.32 Å². The summed E-state index contributed by atoms with van der Waals surface area (Å²) in [6, 6.07) is 14.5. The van der Waals surface area contributed by atoms with Gasteiger partial charge in [0.15, 0.2) is 0 Å². The number of hydrogen-bond acceptors (Lipinski definition) is 4. The van der Waals surface area contributed by atoms with Gasteiger partial charge in [-0.3, -0.25) is 4.79 Å². The Morgan fingerprint density at radius 1 is 1.30 bits per heavy atom. The Balaban J connectivity index is 2.15. The average molecular weight is 310 g/mol. The van der Waals surface area contributed by atoms with E-state index in [0.717, 1.165) is 5.56 Å². The molecule has 23 heavy (non-hydrogen) atoms. The highest BCUT2D eigenvalue weighted by Gasteiger charge is 2.17. The largest absolute Gasteiger partial charge is 0.465 e. The Labute approximate surface area is 134 Å². The molecule has 2 rings (SSSR count). The standard InChI is InChI=1S/C18H18N2O3/c19-13-15(12-16-8-5-11-23-16)18(22)20-17(9-4-10-21)14-6-2-1-3-7-14/h1-3,5-8,11-12,17,21H,4,9-10H2,(H,20,22)/b15-12+. The molecule has 2 aromatic rings. The van der Waals surface area contributed by atoms with Gasteiger partial charge < -0.3 is 14.8 Å². The number of carbonyl (C=O) groups is 1. The number of carbonyl (C=O) groups excluding carboxylic acids is 1. The number of aliphatic hydroxyl groups is 1. The predicted octanol–water partition coefficient (Wildman–Crippen LogP) is 2.82. The van der Waals surface area contributed by atoms with Gasteiger partial charge in [-0.1, -0.05) is 30.3 Å². The predicted molar refractivity (Wildman–Crippen MR) is 85.9 cm³/mol. The van der Waals surface area contributed by atoms with Crippen LogP contribution in [0.25, 0.3) is 6.08 Å². The van der Waals surface area contributed by atoms with Crippen molar-refractivity contribution in [2.45, 2.75) is 18.9 Å². The van der Waals surface area contributed by atoms with Gasteiger partial charge in [0.2, 0.25) is 0 Å². The van der Waals surface area contributed by atoms with Crippen LogP contribution in [0.5, 0.6) is 0 Å². The molecule has 1 heterocycles. The van der Waals surface area contributed by atoms with E-state index in [1.807, 2.05) is 36.4 Å². The summed E-state index contributed by atoms with van der Waals surface area (Å²) < 4.78 is 5.13. The van der Waals surface area contributed by atoms with Crippen LogP contribution < -0.4 is 5.32 Å². The van der Waals surface area contributed by atoms with Gasteiger partial charge >= 0.3 is 0 Å². The molecule has 1 atom stereocenters. The number of amides is 1. The fourth-order valence-corrected chi connectivity index (χ4v) is 2.20. The Morgan fingerprint density at radius 3 is 2.70 bits per heavy atom. The Morgan fingerprint density at radius 2 is 2.09 bits per heavy atom. The lowest BCUT2D eigenvalue weighted by Crippen LogP contribution is -2.29. The first-order valence-corrected chi connectivity index (χ1v) is 7.36. The van der Waals surface area contributed by atoms with Gasteiger partial charge in [0.25, 0.3) is 5.91 Å². The molecule has 0 spiro atoms. The minimum absolute atomic E-state index is 0.0233. The topological polar surface area (TPSA) is 86.3 Å². The van der Waals surface area contributed by atoms with Crippen LogP contribution in [0, 0.1) is 11.3 Å². The van der Waals surface area contributed by atoms with E-state index in [4.69, 9.17) is 9.52 Å². The van der Waals surface area contributed by atoms with E-state index in [9.17, 15) is 10.1 Å². The monoisotopic (exact) mass is 310 g/mol. The van der Waals surface area contributed by atoms with Gasteiger partial charge in [0, 0.05) is 12.7 Å². The normalized spacial score (nSPS) is 12.4. The summed E-state index contributed by atoms with van der Waals surface area (Å²) in [5.74, 6) is -0.0148. The second kappa shape index (κ2) is 8.57. The number of nitriles is 1. The molecule has 0 aliphatic rings. The van der Waals surface area contributed by atoms with Gasteiger partial charge in [-0.15, -0.1) is 0 Å². The Hall–Kier alpha value is -2.84. The van der Waals surface area contributed by atoms with Crippen molar-refractivity contribution in [1.29, 1.82) is 5.26 Å². The highest BCUT2D eigenvalue weighted by atomic mass is 16.3. The third kappa shape index (κ3) is 4.83. The maximum atomic E-state index is 12.3. The average Bonchev–Trinajstić information content (AvgIpc) is 3.10. The van der Waals surface area contributed by atoms with Crippen molar-refractivity contribution in [3.8, 4) is 6.07 Å². The molecule has 0 saturated heterocycles. The number of rotatable bonds is 7. The molecule has 0 radical (unpaired) electrons. The molecule has 0 saturated carbocycles.